The highest BCUT2D eigenvalue weighted by atomic mass is 32.1. The second-order valence-corrected chi connectivity index (χ2v) is 7.61. The van der Waals surface area contributed by atoms with E-state index in [0.717, 1.165) is 5.56 Å². The number of benzene rings is 1. The Labute approximate surface area is 156 Å². The predicted octanol–water partition coefficient (Wildman–Crippen LogP) is 2.75. The lowest BCUT2D eigenvalue weighted by molar-refractivity contribution is 0.0491. The van der Waals surface area contributed by atoms with E-state index in [1.54, 1.807) is 50.5 Å². The summed E-state index contributed by atoms with van der Waals surface area (Å²) in [5.74, 6) is -0.353. The van der Waals surface area contributed by atoms with Crippen LogP contribution in [0.15, 0.2) is 35.8 Å². The number of ether oxygens (including phenoxy) is 1. The zero-order chi connectivity index (χ0) is 19.3. The van der Waals surface area contributed by atoms with Crippen molar-refractivity contribution in [2.24, 2.45) is 5.73 Å². The topological polar surface area (TPSA) is 118 Å². The molecule has 1 heterocycles. The molecule has 0 saturated heterocycles. The number of alkyl carbamates (subject to hydrolysis) is 1. The molecule has 8 heteroatoms. The van der Waals surface area contributed by atoms with Crippen LogP contribution in [-0.2, 0) is 11.2 Å². The van der Waals surface area contributed by atoms with Crippen molar-refractivity contribution in [1.29, 1.82) is 5.41 Å². The van der Waals surface area contributed by atoms with E-state index in [1.165, 1.54) is 11.3 Å². The van der Waals surface area contributed by atoms with Gasteiger partial charge in [0.1, 0.15) is 17.5 Å². The van der Waals surface area contributed by atoms with Gasteiger partial charge in [0.15, 0.2) is 5.01 Å². The van der Waals surface area contributed by atoms with Crippen LogP contribution in [0.4, 0.5) is 4.79 Å². The van der Waals surface area contributed by atoms with E-state index in [0.29, 0.717) is 10.6 Å². The van der Waals surface area contributed by atoms with E-state index in [4.69, 9.17) is 15.9 Å². The molecule has 4 N–H and O–H groups in total. The van der Waals surface area contributed by atoms with E-state index in [-0.39, 0.29) is 18.0 Å². The summed E-state index contributed by atoms with van der Waals surface area (Å²) in [6.07, 6.45) is 1.10. The number of thiazole rings is 1. The maximum Gasteiger partial charge on any atom is 0.408 e. The van der Waals surface area contributed by atoms with Crippen LogP contribution in [0.2, 0.25) is 0 Å². The van der Waals surface area contributed by atoms with Gasteiger partial charge in [-0.1, -0.05) is 18.2 Å². The van der Waals surface area contributed by atoms with Crippen molar-refractivity contribution >= 4 is 29.0 Å². The van der Waals surface area contributed by atoms with Crippen molar-refractivity contribution in [3.8, 4) is 0 Å². The Morgan fingerprint density at radius 2 is 2.12 bits per heavy atom. The van der Waals surface area contributed by atoms with Crippen LogP contribution in [0.5, 0.6) is 0 Å². The van der Waals surface area contributed by atoms with Gasteiger partial charge in [-0.2, -0.15) is 0 Å². The van der Waals surface area contributed by atoms with Gasteiger partial charge in [0.2, 0.25) is 5.78 Å². The van der Waals surface area contributed by atoms with Gasteiger partial charge < -0.3 is 15.8 Å². The van der Waals surface area contributed by atoms with Crippen molar-refractivity contribution in [3.63, 3.8) is 0 Å². The first-order valence-corrected chi connectivity index (χ1v) is 8.90. The number of rotatable bonds is 6. The highest BCUT2D eigenvalue weighted by Crippen LogP contribution is 2.14. The molecule has 2 aromatic rings. The van der Waals surface area contributed by atoms with Crippen LogP contribution in [-0.4, -0.2) is 34.3 Å². The Hall–Kier alpha value is -2.74. The monoisotopic (exact) mass is 374 g/mol. The highest BCUT2D eigenvalue weighted by molar-refractivity contribution is 7.11. The second kappa shape index (κ2) is 8.09. The number of amidine groups is 1. The molecule has 0 aliphatic heterocycles. The van der Waals surface area contributed by atoms with Crippen LogP contribution in [0.3, 0.4) is 0 Å². The van der Waals surface area contributed by atoms with E-state index in [1.807, 2.05) is 6.07 Å². The molecule has 0 spiro atoms. The van der Waals surface area contributed by atoms with Crippen LogP contribution >= 0.6 is 11.3 Å². The maximum absolute atomic E-state index is 12.7. The lowest BCUT2D eigenvalue weighted by Crippen LogP contribution is -2.44. The van der Waals surface area contributed by atoms with Crippen LogP contribution in [0, 0.1) is 5.41 Å². The van der Waals surface area contributed by atoms with E-state index < -0.39 is 17.7 Å². The van der Waals surface area contributed by atoms with E-state index in [9.17, 15) is 9.59 Å². The number of Topliss-reactive ketones (excluding diaryl/α,β-unsaturated/α-hetero) is 1. The molecule has 0 fully saturated rings. The maximum atomic E-state index is 12.7. The average Bonchev–Trinajstić information content (AvgIpc) is 3.06. The Balaban J connectivity index is 2.23. The smallest absolute Gasteiger partial charge is 0.408 e. The number of nitrogens with zero attached hydrogens (tertiary/aromatic N) is 1. The van der Waals surface area contributed by atoms with Crippen molar-refractivity contribution in [2.45, 2.75) is 38.8 Å². The number of ketones is 1. The molecular formula is C18H22N4O3S. The quantitative estimate of drug-likeness (QED) is 0.408. The molecule has 2 rings (SSSR count). The van der Waals surface area contributed by atoms with Gasteiger partial charge in [-0.05, 0) is 32.4 Å². The van der Waals surface area contributed by atoms with E-state index >= 15 is 0 Å². The lowest BCUT2D eigenvalue weighted by atomic mass is 10.0. The first-order chi connectivity index (χ1) is 12.2. The molecule has 0 saturated carbocycles. The van der Waals surface area contributed by atoms with Crippen molar-refractivity contribution in [1.82, 2.24) is 10.3 Å². The van der Waals surface area contributed by atoms with Gasteiger partial charge in [0.05, 0.1) is 0 Å². The van der Waals surface area contributed by atoms with Gasteiger partial charge in [0, 0.05) is 23.6 Å². The predicted molar refractivity (Wildman–Crippen MR) is 101 cm³/mol. The zero-order valence-corrected chi connectivity index (χ0v) is 15.7. The highest BCUT2D eigenvalue weighted by Gasteiger charge is 2.27. The molecule has 0 unspecified atom stereocenters. The molecule has 0 aliphatic rings. The SMILES string of the molecule is CC(C)(C)OC(=O)N[C@@H](Cc1cccc(C(=N)N)c1)C(=O)c1nccs1. The molecule has 1 atom stereocenters. The van der Waals surface area contributed by atoms with Gasteiger partial charge in [-0.3, -0.25) is 10.2 Å². The molecule has 0 bridgehead atoms. The third-order valence-electron chi connectivity index (χ3n) is 3.33. The standard InChI is InChI=1S/C18H22N4O3S/c1-18(2,3)25-17(24)22-13(14(23)16-21-7-8-26-16)10-11-5-4-6-12(9-11)15(19)20/h4-9,13H,10H2,1-3H3,(H3,19,20)(H,22,24)/t13-/m0/s1. The number of hydrogen-bond donors (Lipinski definition) is 3. The Kier molecular flexibility index (Phi) is 6.10. The molecule has 1 amide bonds. The molecule has 7 nitrogen and oxygen atoms in total. The minimum atomic E-state index is -0.835. The van der Waals surface area contributed by atoms with Gasteiger partial charge in [-0.15, -0.1) is 11.3 Å². The summed E-state index contributed by atoms with van der Waals surface area (Å²) in [6.45, 7) is 5.25. The summed E-state index contributed by atoms with van der Waals surface area (Å²) in [5.41, 5.74) is 6.17. The normalized spacial score (nSPS) is 12.3. The molecule has 138 valence electrons. The number of nitrogen functional groups attached to an aromatic ring is 1. The number of carbonyl (C=O) groups excluding carboxylic acids is 2. The van der Waals surface area contributed by atoms with Gasteiger partial charge in [-0.25, -0.2) is 9.78 Å². The molecule has 26 heavy (non-hydrogen) atoms. The van der Waals surface area contributed by atoms with E-state index in [2.05, 4.69) is 10.3 Å². The number of nitrogens with two attached hydrogens (primary N) is 1. The number of aromatic nitrogens is 1. The van der Waals surface area contributed by atoms with Crippen molar-refractivity contribution in [2.75, 3.05) is 0 Å². The lowest BCUT2D eigenvalue weighted by Gasteiger charge is -2.23. The largest absolute Gasteiger partial charge is 0.444 e. The summed E-state index contributed by atoms with van der Waals surface area (Å²) < 4.78 is 5.26. The summed E-state index contributed by atoms with van der Waals surface area (Å²) in [5, 5.41) is 12.2. The Morgan fingerprint density at radius 1 is 1.38 bits per heavy atom. The number of hydrogen-bond acceptors (Lipinski definition) is 6. The first kappa shape index (κ1) is 19.6. The van der Waals surface area contributed by atoms with Crippen LogP contribution in [0.1, 0.15) is 41.7 Å². The fourth-order valence-corrected chi connectivity index (χ4v) is 2.89. The Bertz CT molecular complexity index is 797. The zero-order valence-electron chi connectivity index (χ0n) is 14.9. The fraction of sp³-hybridized carbons (Fsp3) is 0.333. The Morgan fingerprint density at radius 3 is 2.69 bits per heavy atom. The van der Waals surface area contributed by atoms with Crippen molar-refractivity contribution < 1.29 is 14.3 Å². The summed E-state index contributed by atoms with van der Waals surface area (Å²) in [7, 11) is 0. The second-order valence-electron chi connectivity index (χ2n) is 6.72. The number of amides is 1. The number of nitrogens with one attached hydrogen (secondary N) is 2. The first-order valence-electron chi connectivity index (χ1n) is 8.02. The summed E-state index contributed by atoms with van der Waals surface area (Å²) in [6, 6.07) is 6.17. The van der Waals surface area contributed by atoms with Crippen LogP contribution < -0.4 is 11.1 Å². The molecular weight excluding hydrogens is 352 g/mol. The average molecular weight is 374 g/mol. The van der Waals surface area contributed by atoms with Gasteiger partial charge in [0.25, 0.3) is 0 Å². The summed E-state index contributed by atoms with van der Waals surface area (Å²) in [4.78, 5) is 28.9. The van der Waals surface area contributed by atoms with Gasteiger partial charge >= 0.3 is 6.09 Å². The third-order valence-corrected chi connectivity index (χ3v) is 4.12. The molecule has 0 radical (unpaired) electrons. The van der Waals surface area contributed by atoms with Crippen LogP contribution in [0.25, 0.3) is 0 Å². The minimum absolute atomic E-state index is 0.0604. The molecule has 1 aromatic heterocycles. The van der Waals surface area contributed by atoms with Crippen molar-refractivity contribution in [3.05, 3.63) is 52.0 Å². The minimum Gasteiger partial charge on any atom is -0.444 e. The molecule has 0 aliphatic carbocycles. The fourth-order valence-electron chi connectivity index (χ4n) is 2.25. The number of carbonyl (C=O) groups is 2. The third kappa shape index (κ3) is 5.66. The molecule has 1 aromatic carbocycles. The summed E-state index contributed by atoms with van der Waals surface area (Å²) >= 11 is 1.21.